The van der Waals surface area contributed by atoms with E-state index in [0.717, 1.165) is 10.6 Å². The molecule has 0 saturated carbocycles. The number of carbonyl (C=O) groups is 1. The quantitative estimate of drug-likeness (QED) is 0.751. The lowest BCUT2D eigenvalue weighted by atomic mass is 10.2. The largest absolute Gasteiger partial charge is 0.322 e. The van der Waals surface area contributed by atoms with Gasteiger partial charge in [-0.3, -0.25) is 9.10 Å². The second-order valence-electron chi connectivity index (χ2n) is 5.37. The first-order valence-electron chi connectivity index (χ1n) is 7.06. The Balaban J connectivity index is 2.27. The molecule has 9 heteroatoms. The molecule has 0 aromatic heterocycles. The van der Waals surface area contributed by atoms with Gasteiger partial charge < -0.3 is 5.32 Å². The highest BCUT2D eigenvalue weighted by atomic mass is 79.9. The minimum absolute atomic E-state index is 0.0329. The molecule has 25 heavy (non-hydrogen) atoms. The van der Waals surface area contributed by atoms with Crippen molar-refractivity contribution in [1.82, 2.24) is 0 Å². The summed E-state index contributed by atoms with van der Waals surface area (Å²) in [6.07, 6.45) is 0.995. The second kappa shape index (κ2) is 7.72. The number of hydrogen-bond donors (Lipinski definition) is 1. The van der Waals surface area contributed by atoms with E-state index in [-0.39, 0.29) is 5.69 Å². The number of aryl methyl sites for hydroxylation is 1. The highest BCUT2D eigenvalue weighted by molar-refractivity contribution is 9.10. The third kappa shape index (κ3) is 5.17. The molecule has 2 rings (SSSR count). The maximum atomic E-state index is 13.8. The molecule has 0 unspecified atom stereocenters. The number of amides is 1. The van der Waals surface area contributed by atoms with Gasteiger partial charge in [-0.05, 0) is 48.9 Å². The average Bonchev–Trinajstić information content (AvgIpc) is 2.47. The van der Waals surface area contributed by atoms with Crippen LogP contribution in [0.2, 0.25) is 5.02 Å². The fourth-order valence-corrected chi connectivity index (χ4v) is 3.66. The Kier molecular flexibility index (Phi) is 6.08. The predicted molar refractivity (Wildman–Crippen MR) is 101 cm³/mol. The summed E-state index contributed by atoms with van der Waals surface area (Å²) in [5.41, 5.74) is 0.897. The highest BCUT2D eigenvalue weighted by Gasteiger charge is 2.23. The zero-order valence-electron chi connectivity index (χ0n) is 13.4. The van der Waals surface area contributed by atoms with E-state index >= 15 is 0 Å². The van der Waals surface area contributed by atoms with Crippen molar-refractivity contribution in [2.45, 2.75) is 6.92 Å². The summed E-state index contributed by atoms with van der Waals surface area (Å²) in [6.45, 7) is 1.20. The zero-order valence-corrected chi connectivity index (χ0v) is 16.5. The minimum Gasteiger partial charge on any atom is -0.322 e. The number of nitrogens with one attached hydrogen (secondary N) is 1. The first-order valence-corrected chi connectivity index (χ1v) is 10.1. The molecule has 0 spiro atoms. The number of carbonyl (C=O) groups excluding carboxylic acids is 1. The van der Waals surface area contributed by atoms with Crippen LogP contribution in [0.5, 0.6) is 0 Å². The van der Waals surface area contributed by atoms with Crippen molar-refractivity contribution >= 4 is 54.8 Å². The van der Waals surface area contributed by atoms with Crippen molar-refractivity contribution in [2.24, 2.45) is 0 Å². The van der Waals surface area contributed by atoms with E-state index in [9.17, 15) is 17.6 Å². The van der Waals surface area contributed by atoms with Crippen molar-refractivity contribution in [3.05, 3.63) is 57.3 Å². The van der Waals surface area contributed by atoms with Gasteiger partial charge in [-0.2, -0.15) is 0 Å². The van der Waals surface area contributed by atoms with E-state index in [0.29, 0.717) is 20.7 Å². The molecule has 0 aliphatic carbocycles. The highest BCUT2D eigenvalue weighted by Crippen LogP contribution is 2.26. The summed E-state index contributed by atoms with van der Waals surface area (Å²) in [5, 5.41) is 2.83. The Morgan fingerprint density at radius 1 is 1.28 bits per heavy atom. The standard InChI is InChI=1S/C16H15BrClFN2O3S/c1-10-7-12(18)4-6-15(10)21(25(2,23)24)9-16(22)20-14-5-3-11(17)8-13(14)19/h3-8H,9H2,1-2H3,(H,20,22). The van der Waals surface area contributed by atoms with Gasteiger partial charge in [-0.25, -0.2) is 12.8 Å². The molecule has 1 N–H and O–H groups in total. The van der Waals surface area contributed by atoms with Gasteiger partial charge in [0, 0.05) is 9.50 Å². The number of nitrogens with zero attached hydrogens (tertiary/aromatic N) is 1. The number of hydrogen-bond acceptors (Lipinski definition) is 3. The minimum atomic E-state index is -3.73. The van der Waals surface area contributed by atoms with Gasteiger partial charge >= 0.3 is 0 Å². The van der Waals surface area contributed by atoms with Crippen molar-refractivity contribution in [1.29, 1.82) is 0 Å². The van der Waals surface area contributed by atoms with Gasteiger partial charge in [0.1, 0.15) is 12.4 Å². The summed E-state index contributed by atoms with van der Waals surface area (Å²) >= 11 is 9.01. The van der Waals surface area contributed by atoms with E-state index in [1.807, 2.05) is 0 Å². The van der Waals surface area contributed by atoms with Crippen molar-refractivity contribution in [2.75, 3.05) is 22.4 Å². The molecule has 0 heterocycles. The normalized spacial score (nSPS) is 11.2. The van der Waals surface area contributed by atoms with Crippen molar-refractivity contribution in [3.63, 3.8) is 0 Å². The number of sulfonamides is 1. The van der Waals surface area contributed by atoms with Crippen LogP contribution in [0.25, 0.3) is 0 Å². The van der Waals surface area contributed by atoms with Crippen molar-refractivity contribution in [3.8, 4) is 0 Å². The fourth-order valence-electron chi connectivity index (χ4n) is 2.19. The fraction of sp³-hybridized carbons (Fsp3) is 0.188. The van der Waals surface area contributed by atoms with E-state index < -0.39 is 28.3 Å². The summed E-state index contributed by atoms with van der Waals surface area (Å²) < 4.78 is 39.5. The number of anilines is 2. The molecule has 0 radical (unpaired) electrons. The lowest BCUT2D eigenvalue weighted by molar-refractivity contribution is -0.114. The van der Waals surface area contributed by atoms with Crippen LogP contribution in [0.15, 0.2) is 40.9 Å². The molecule has 0 fully saturated rings. The van der Waals surface area contributed by atoms with E-state index in [2.05, 4.69) is 21.2 Å². The van der Waals surface area contributed by atoms with Gasteiger partial charge in [0.05, 0.1) is 17.6 Å². The van der Waals surface area contributed by atoms with Crippen LogP contribution >= 0.6 is 27.5 Å². The monoisotopic (exact) mass is 448 g/mol. The number of benzene rings is 2. The smallest absolute Gasteiger partial charge is 0.245 e. The Hall–Kier alpha value is -1.64. The molecule has 5 nitrogen and oxygen atoms in total. The molecule has 0 aliphatic rings. The summed E-state index contributed by atoms with van der Waals surface area (Å²) in [6, 6.07) is 8.81. The van der Waals surface area contributed by atoms with E-state index in [1.165, 1.54) is 24.3 Å². The van der Waals surface area contributed by atoms with Crippen LogP contribution in [0, 0.1) is 12.7 Å². The van der Waals surface area contributed by atoms with Gasteiger partial charge in [0.15, 0.2) is 0 Å². The first-order chi connectivity index (χ1) is 11.6. The van der Waals surface area contributed by atoms with Gasteiger partial charge in [-0.1, -0.05) is 27.5 Å². The average molecular weight is 450 g/mol. The number of halogens is 3. The Labute approximate surface area is 159 Å². The maximum Gasteiger partial charge on any atom is 0.245 e. The van der Waals surface area contributed by atoms with Crippen molar-refractivity contribution < 1.29 is 17.6 Å². The predicted octanol–water partition coefficient (Wildman–Crippen LogP) is 3.95. The third-order valence-electron chi connectivity index (χ3n) is 3.32. The summed E-state index contributed by atoms with van der Waals surface area (Å²) in [4.78, 5) is 12.2. The van der Waals surface area contributed by atoms with Crippen LogP contribution < -0.4 is 9.62 Å². The molecule has 0 bridgehead atoms. The van der Waals surface area contributed by atoms with Gasteiger partial charge in [0.2, 0.25) is 15.9 Å². The summed E-state index contributed by atoms with van der Waals surface area (Å²) in [5.74, 6) is -1.29. The lowest BCUT2D eigenvalue weighted by Crippen LogP contribution is -2.38. The van der Waals surface area contributed by atoms with Crippen LogP contribution in [-0.2, 0) is 14.8 Å². The Morgan fingerprint density at radius 3 is 2.52 bits per heavy atom. The van der Waals surface area contributed by atoms with Crippen LogP contribution in [-0.4, -0.2) is 27.1 Å². The molecular weight excluding hydrogens is 435 g/mol. The molecule has 0 saturated heterocycles. The zero-order chi connectivity index (χ0) is 18.8. The van der Waals surface area contributed by atoms with Crippen LogP contribution in [0.3, 0.4) is 0 Å². The Bertz CT molecular complexity index is 922. The first kappa shape index (κ1) is 19.7. The van der Waals surface area contributed by atoms with Gasteiger partial charge in [0.25, 0.3) is 0 Å². The topological polar surface area (TPSA) is 66.5 Å². The molecular formula is C16H15BrClFN2O3S. The summed E-state index contributed by atoms with van der Waals surface area (Å²) in [7, 11) is -3.73. The maximum absolute atomic E-state index is 13.8. The van der Waals surface area contributed by atoms with E-state index in [4.69, 9.17) is 11.6 Å². The third-order valence-corrected chi connectivity index (χ3v) is 5.18. The number of rotatable bonds is 5. The SMILES string of the molecule is Cc1cc(Cl)ccc1N(CC(=O)Nc1ccc(Br)cc1F)S(C)(=O)=O. The van der Waals surface area contributed by atoms with Crippen LogP contribution in [0.4, 0.5) is 15.8 Å². The lowest BCUT2D eigenvalue weighted by Gasteiger charge is -2.23. The molecule has 2 aromatic carbocycles. The molecule has 0 atom stereocenters. The molecule has 0 aliphatic heterocycles. The van der Waals surface area contributed by atoms with Crippen LogP contribution in [0.1, 0.15) is 5.56 Å². The second-order valence-corrected chi connectivity index (χ2v) is 8.63. The van der Waals surface area contributed by atoms with Gasteiger partial charge in [-0.15, -0.1) is 0 Å². The molecule has 134 valence electrons. The molecule has 2 aromatic rings. The molecule has 1 amide bonds. The Morgan fingerprint density at radius 2 is 1.96 bits per heavy atom. The van der Waals surface area contributed by atoms with E-state index in [1.54, 1.807) is 19.1 Å².